The van der Waals surface area contributed by atoms with Crippen molar-refractivity contribution in [2.24, 2.45) is 5.92 Å². The lowest BCUT2D eigenvalue weighted by Crippen LogP contribution is -2.36. The van der Waals surface area contributed by atoms with E-state index in [9.17, 15) is 0 Å². The smallest absolute Gasteiger partial charge is 0.245 e. The molecule has 122 valence electrons. The molecule has 0 radical (unpaired) electrons. The highest BCUT2D eigenvalue weighted by atomic mass is 16.5. The summed E-state index contributed by atoms with van der Waals surface area (Å²) in [4.78, 5) is 4.57. The molecule has 0 amide bonds. The summed E-state index contributed by atoms with van der Waals surface area (Å²) >= 11 is 0. The van der Waals surface area contributed by atoms with Crippen molar-refractivity contribution in [3.05, 3.63) is 47.6 Å². The van der Waals surface area contributed by atoms with Gasteiger partial charge >= 0.3 is 0 Å². The molecule has 3 heterocycles. The van der Waals surface area contributed by atoms with Crippen LogP contribution in [0.1, 0.15) is 36.2 Å². The van der Waals surface area contributed by atoms with Crippen LogP contribution in [-0.4, -0.2) is 29.3 Å². The molecule has 0 spiro atoms. The molecule has 0 saturated carbocycles. The molecule has 2 aromatic rings. The quantitative estimate of drug-likeness (QED) is 0.774. The monoisotopic (exact) mass is 313 g/mol. The van der Waals surface area contributed by atoms with E-state index in [1.165, 1.54) is 12.0 Å². The Morgan fingerprint density at radius 2 is 2.04 bits per heavy atom. The predicted molar refractivity (Wildman–Crippen MR) is 86.5 cm³/mol. The minimum absolute atomic E-state index is 0.124. The summed E-state index contributed by atoms with van der Waals surface area (Å²) in [6.45, 7) is 2.22. The SMILES string of the molecule is c1ccc(CCc2noc(C3CC(C4CCNC4)NN3)n2)cc1. The van der Waals surface area contributed by atoms with Crippen molar-refractivity contribution in [2.75, 3.05) is 13.1 Å². The van der Waals surface area contributed by atoms with Gasteiger partial charge in [0.1, 0.15) is 6.04 Å². The molecule has 2 fully saturated rings. The average Bonchev–Trinajstić information content (AvgIpc) is 3.33. The Bertz CT molecular complexity index is 623. The first kappa shape index (κ1) is 14.8. The highest BCUT2D eigenvalue weighted by Crippen LogP contribution is 2.27. The summed E-state index contributed by atoms with van der Waals surface area (Å²) < 4.78 is 5.47. The van der Waals surface area contributed by atoms with Crippen LogP contribution in [-0.2, 0) is 12.8 Å². The van der Waals surface area contributed by atoms with E-state index < -0.39 is 0 Å². The standard InChI is InChI=1S/C17H23N5O/c1-2-4-12(5-3-1)6-7-16-19-17(23-22-16)15-10-14(20-21-15)13-8-9-18-11-13/h1-5,13-15,18,20-21H,6-11H2. The van der Waals surface area contributed by atoms with Crippen molar-refractivity contribution in [1.29, 1.82) is 0 Å². The van der Waals surface area contributed by atoms with E-state index in [0.29, 0.717) is 17.9 Å². The maximum Gasteiger partial charge on any atom is 0.245 e. The van der Waals surface area contributed by atoms with Crippen LogP contribution >= 0.6 is 0 Å². The van der Waals surface area contributed by atoms with Gasteiger partial charge in [-0.2, -0.15) is 4.98 Å². The summed E-state index contributed by atoms with van der Waals surface area (Å²) in [6.07, 6.45) is 3.99. The number of rotatable bonds is 5. The fourth-order valence-electron chi connectivity index (χ4n) is 3.48. The molecule has 3 atom stereocenters. The molecule has 6 nitrogen and oxygen atoms in total. The average molecular weight is 313 g/mol. The minimum atomic E-state index is 0.124. The number of hydrazine groups is 1. The van der Waals surface area contributed by atoms with Gasteiger partial charge in [-0.15, -0.1) is 0 Å². The van der Waals surface area contributed by atoms with Gasteiger partial charge in [-0.25, -0.2) is 5.43 Å². The molecule has 0 bridgehead atoms. The third kappa shape index (κ3) is 3.44. The molecule has 4 rings (SSSR count). The lowest BCUT2D eigenvalue weighted by molar-refractivity contribution is 0.336. The Morgan fingerprint density at radius 3 is 2.87 bits per heavy atom. The maximum absolute atomic E-state index is 5.47. The highest BCUT2D eigenvalue weighted by molar-refractivity contribution is 5.15. The Balaban J connectivity index is 1.33. The summed E-state index contributed by atoms with van der Waals surface area (Å²) in [6, 6.07) is 11.0. The minimum Gasteiger partial charge on any atom is -0.338 e. The molecule has 2 aliphatic heterocycles. The van der Waals surface area contributed by atoms with Crippen molar-refractivity contribution >= 4 is 0 Å². The zero-order chi connectivity index (χ0) is 15.5. The second kappa shape index (κ2) is 6.78. The van der Waals surface area contributed by atoms with Gasteiger partial charge < -0.3 is 9.84 Å². The van der Waals surface area contributed by atoms with Crippen LogP contribution in [0.5, 0.6) is 0 Å². The first-order chi connectivity index (χ1) is 11.4. The van der Waals surface area contributed by atoms with Gasteiger partial charge in [-0.05, 0) is 43.8 Å². The van der Waals surface area contributed by atoms with Crippen LogP contribution in [0.3, 0.4) is 0 Å². The summed E-state index contributed by atoms with van der Waals surface area (Å²) in [5.74, 6) is 2.18. The molecule has 6 heteroatoms. The fraction of sp³-hybridized carbons (Fsp3) is 0.529. The molecule has 23 heavy (non-hydrogen) atoms. The lowest BCUT2D eigenvalue weighted by Gasteiger charge is -2.15. The van der Waals surface area contributed by atoms with Gasteiger partial charge in [0.15, 0.2) is 5.82 Å². The fourth-order valence-corrected chi connectivity index (χ4v) is 3.48. The normalized spacial score (nSPS) is 27.6. The number of nitrogens with one attached hydrogen (secondary N) is 3. The number of hydrogen-bond acceptors (Lipinski definition) is 6. The molecule has 1 aromatic carbocycles. The topological polar surface area (TPSA) is 75.0 Å². The van der Waals surface area contributed by atoms with Crippen LogP contribution in [0.25, 0.3) is 0 Å². The van der Waals surface area contributed by atoms with Crippen LogP contribution in [0.2, 0.25) is 0 Å². The number of nitrogens with zero attached hydrogens (tertiary/aromatic N) is 2. The van der Waals surface area contributed by atoms with E-state index in [4.69, 9.17) is 4.52 Å². The number of aryl methyl sites for hydroxylation is 2. The second-order valence-corrected chi connectivity index (χ2v) is 6.47. The predicted octanol–water partition coefficient (Wildman–Crippen LogP) is 1.37. The molecule has 3 N–H and O–H groups in total. The number of hydrogen-bond donors (Lipinski definition) is 3. The third-order valence-corrected chi connectivity index (χ3v) is 4.86. The van der Waals surface area contributed by atoms with E-state index in [0.717, 1.165) is 38.2 Å². The first-order valence-electron chi connectivity index (χ1n) is 8.46. The lowest BCUT2D eigenvalue weighted by atomic mass is 9.95. The molecular weight excluding hydrogens is 290 g/mol. The zero-order valence-corrected chi connectivity index (χ0v) is 13.2. The van der Waals surface area contributed by atoms with E-state index in [2.05, 4.69) is 50.6 Å². The molecule has 2 saturated heterocycles. The van der Waals surface area contributed by atoms with Crippen molar-refractivity contribution < 1.29 is 4.52 Å². The van der Waals surface area contributed by atoms with Gasteiger partial charge in [0, 0.05) is 12.5 Å². The third-order valence-electron chi connectivity index (χ3n) is 4.86. The molecule has 0 aliphatic carbocycles. The Labute approximate surface area is 136 Å². The van der Waals surface area contributed by atoms with Gasteiger partial charge in [0.25, 0.3) is 0 Å². The maximum atomic E-state index is 5.47. The molecule has 2 aliphatic rings. The van der Waals surface area contributed by atoms with Gasteiger partial charge in [0.05, 0.1) is 0 Å². The van der Waals surface area contributed by atoms with Crippen molar-refractivity contribution in [2.45, 2.75) is 37.8 Å². The van der Waals surface area contributed by atoms with Crippen molar-refractivity contribution in [3.63, 3.8) is 0 Å². The van der Waals surface area contributed by atoms with E-state index in [1.54, 1.807) is 0 Å². The molecule has 1 aromatic heterocycles. The Hall–Kier alpha value is -1.76. The van der Waals surface area contributed by atoms with Crippen molar-refractivity contribution in [1.82, 2.24) is 26.3 Å². The largest absolute Gasteiger partial charge is 0.338 e. The summed E-state index contributed by atoms with van der Waals surface area (Å²) in [7, 11) is 0. The van der Waals surface area contributed by atoms with Gasteiger partial charge in [-0.1, -0.05) is 35.5 Å². The number of benzene rings is 1. The first-order valence-corrected chi connectivity index (χ1v) is 8.46. The highest BCUT2D eigenvalue weighted by Gasteiger charge is 2.34. The molecular formula is C17H23N5O. The summed E-state index contributed by atoms with van der Waals surface area (Å²) in [5, 5.41) is 7.55. The van der Waals surface area contributed by atoms with Crippen LogP contribution in [0.15, 0.2) is 34.9 Å². The number of aromatic nitrogens is 2. The Morgan fingerprint density at radius 1 is 1.13 bits per heavy atom. The van der Waals surface area contributed by atoms with Gasteiger partial charge in [0.2, 0.25) is 5.89 Å². The van der Waals surface area contributed by atoms with E-state index >= 15 is 0 Å². The van der Waals surface area contributed by atoms with Gasteiger partial charge in [-0.3, -0.25) is 5.43 Å². The van der Waals surface area contributed by atoms with E-state index in [1.807, 2.05) is 6.07 Å². The second-order valence-electron chi connectivity index (χ2n) is 6.47. The van der Waals surface area contributed by atoms with Crippen LogP contribution in [0.4, 0.5) is 0 Å². The van der Waals surface area contributed by atoms with Crippen molar-refractivity contribution in [3.8, 4) is 0 Å². The van der Waals surface area contributed by atoms with Crippen LogP contribution in [0, 0.1) is 5.92 Å². The Kier molecular flexibility index (Phi) is 4.37. The van der Waals surface area contributed by atoms with E-state index in [-0.39, 0.29) is 6.04 Å². The zero-order valence-electron chi connectivity index (χ0n) is 13.2. The summed E-state index contributed by atoms with van der Waals surface area (Å²) in [5.41, 5.74) is 8.01. The molecule has 3 unspecified atom stereocenters. The van der Waals surface area contributed by atoms with Crippen LogP contribution < -0.4 is 16.2 Å².